The van der Waals surface area contributed by atoms with E-state index in [-0.39, 0.29) is 0 Å². The molecule has 0 spiro atoms. The minimum Gasteiger partial charge on any atom is -0.307 e. The summed E-state index contributed by atoms with van der Waals surface area (Å²) >= 11 is 5.69. The number of nitrogens with two attached hydrogens (primary N) is 1. The van der Waals surface area contributed by atoms with Crippen molar-refractivity contribution >= 4 is 17.4 Å². The van der Waals surface area contributed by atoms with Crippen LogP contribution in [0.5, 0.6) is 0 Å². The summed E-state index contributed by atoms with van der Waals surface area (Å²) in [5.74, 6) is 5.62. The standard InChI is InChI=1S/C5H7ClN4/c1-3-4(6)2-8-10-5(3)9-7/h2H,7H2,1H3,(H,9,10). The monoisotopic (exact) mass is 158 g/mol. The number of nitrogen functional groups attached to an aromatic ring is 1. The first kappa shape index (κ1) is 7.24. The summed E-state index contributed by atoms with van der Waals surface area (Å²) in [6, 6.07) is 0. The molecule has 1 rings (SSSR count). The highest BCUT2D eigenvalue weighted by molar-refractivity contribution is 6.31. The Bertz CT molecular complexity index is 237. The predicted octanol–water partition coefficient (Wildman–Crippen LogP) is 0.724. The molecule has 0 amide bonds. The predicted molar refractivity (Wildman–Crippen MR) is 39.6 cm³/mol. The fourth-order valence-electron chi connectivity index (χ4n) is 0.559. The molecule has 10 heavy (non-hydrogen) atoms. The fraction of sp³-hybridized carbons (Fsp3) is 0.200. The molecule has 0 aliphatic rings. The van der Waals surface area contributed by atoms with Crippen molar-refractivity contribution in [3.63, 3.8) is 0 Å². The summed E-state index contributed by atoms with van der Waals surface area (Å²) in [4.78, 5) is 0. The highest BCUT2D eigenvalue weighted by Crippen LogP contribution is 2.17. The third kappa shape index (κ3) is 1.17. The molecule has 1 aromatic rings. The number of nitrogens with zero attached hydrogens (tertiary/aromatic N) is 2. The number of hydrogen-bond acceptors (Lipinski definition) is 4. The number of nitrogens with one attached hydrogen (secondary N) is 1. The van der Waals surface area contributed by atoms with Crippen LogP contribution in [0.1, 0.15) is 5.56 Å². The molecule has 0 atom stereocenters. The molecule has 4 nitrogen and oxygen atoms in total. The zero-order valence-electron chi connectivity index (χ0n) is 5.43. The lowest BCUT2D eigenvalue weighted by molar-refractivity contribution is 1.00. The number of aromatic nitrogens is 2. The largest absolute Gasteiger partial charge is 0.307 e. The van der Waals surface area contributed by atoms with Crippen LogP contribution in [0.15, 0.2) is 6.20 Å². The summed E-state index contributed by atoms with van der Waals surface area (Å²) < 4.78 is 0. The Morgan fingerprint density at radius 1 is 1.70 bits per heavy atom. The maximum atomic E-state index is 5.69. The summed E-state index contributed by atoms with van der Waals surface area (Å²) in [5.41, 5.74) is 3.18. The van der Waals surface area contributed by atoms with Crippen molar-refractivity contribution in [3.05, 3.63) is 16.8 Å². The lowest BCUT2D eigenvalue weighted by atomic mass is 10.3. The smallest absolute Gasteiger partial charge is 0.167 e. The average Bonchev–Trinajstić information content (AvgIpc) is 1.95. The quantitative estimate of drug-likeness (QED) is 0.467. The normalized spacial score (nSPS) is 9.50. The maximum Gasteiger partial charge on any atom is 0.167 e. The van der Waals surface area contributed by atoms with Crippen LogP contribution in [0.25, 0.3) is 0 Å². The van der Waals surface area contributed by atoms with Gasteiger partial charge in [0.2, 0.25) is 0 Å². The molecule has 0 aromatic carbocycles. The van der Waals surface area contributed by atoms with E-state index in [2.05, 4.69) is 15.6 Å². The van der Waals surface area contributed by atoms with E-state index in [4.69, 9.17) is 17.4 Å². The van der Waals surface area contributed by atoms with E-state index >= 15 is 0 Å². The topological polar surface area (TPSA) is 63.8 Å². The first-order valence-corrected chi connectivity index (χ1v) is 3.08. The Balaban J connectivity index is 3.14. The third-order valence-corrected chi connectivity index (χ3v) is 1.56. The molecule has 0 fully saturated rings. The Kier molecular flexibility index (Phi) is 2.03. The van der Waals surface area contributed by atoms with E-state index in [9.17, 15) is 0 Å². The van der Waals surface area contributed by atoms with E-state index in [0.29, 0.717) is 10.8 Å². The maximum absolute atomic E-state index is 5.69. The first-order chi connectivity index (χ1) is 4.75. The second-order valence-electron chi connectivity index (χ2n) is 1.81. The zero-order chi connectivity index (χ0) is 7.56. The first-order valence-electron chi connectivity index (χ1n) is 2.70. The second kappa shape index (κ2) is 2.81. The van der Waals surface area contributed by atoms with Crippen molar-refractivity contribution in [2.24, 2.45) is 5.84 Å². The Morgan fingerprint density at radius 3 is 2.90 bits per heavy atom. The highest BCUT2D eigenvalue weighted by Gasteiger charge is 2.00. The summed E-state index contributed by atoms with van der Waals surface area (Å²) in [5, 5.41) is 7.84. The van der Waals surface area contributed by atoms with Gasteiger partial charge < -0.3 is 5.43 Å². The van der Waals surface area contributed by atoms with E-state index < -0.39 is 0 Å². The number of anilines is 1. The van der Waals surface area contributed by atoms with Gasteiger partial charge in [-0.05, 0) is 6.92 Å². The van der Waals surface area contributed by atoms with Crippen molar-refractivity contribution in [2.45, 2.75) is 6.92 Å². The number of hydrogen-bond donors (Lipinski definition) is 2. The van der Waals surface area contributed by atoms with Crippen LogP contribution in [0.3, 0.4) is 0 Å². The number of halogens is 1. The number of rotatable bonds is 1. The highest BCUT2D eigenvalue weighted by atomic mass is 35.5. The van der Waals surface area contributed by atoms with E-state index in [1.807, 2.05) is 6.92 Å². The van der Waals surface area contributed by atoms with Gasteiger partial charge in [-0.3, -0.25) is 0 Å². The summed E-state index contributed by atoms with van der Waals surface area (Å²) in [6.07, 6.45) is 1.47. The SMILES string of the molecule is Cc1c(Cl)cnnc1NN. The van der Waals surface area contributed by atoms with Crippen LogP contribution in [-0.4, -0.2) is 10.2 Å². The molecule has 1 aromatic heterocycles. The molecule has 0 bridgehead atoms. The summed E-state index contributed by atoms with van der Waals surface area (Å²) in [6.45, 7) is 1.81. The molecule has 3 N–H and O–H groups in total. The molecule has 0 unspecified atom stereocenters. The Hall–Kier alpha value is -0.870. The molecule has 5 heteroatoms. The van der Waals surface area contributed by atoms with Gasteiger partial charge in [0.1, 0.15) is 0 Å². The second-order valence-corrected chi connectivity index (χ2v) is 2.22. The van der Waals surface area contributed by atoms with E-state index in [0.717, 1.165) is 5.56 Å². The third-order valence-electron chi connectivity index (χ3n) is 1.18. The van der Waals surface area contributed by atoms with Crippen molar-refractivity contribution in [1.29, 1.82) is 0 Å². The van der Waals surface area contributed by atoms with Gasteiger partial charge in [-0.25, -0.2) is 5.84 Å². The van der Waals surface area contributed by atoms with E-state index in [1.54, 1.807) is 0 Å². The van der Waals surface area contributed by atoms with Crippen LogP contribution in [-0.2, 0) is 0 Å². The van der Waals surface area contributed by atoms with Gasteiger partial charge >= 0.3 is 0 Å². The van der Waals surface area contributed by atoms with Crippen molar-refractivity contribution in [2.75, 3.05) is 5.43 Å². The average molecular weight is 159 g/mol. The minimum atomic E-state index is 0.507. The van der Waals surface area contributed by atoms with Crippen LogP contribution in [0, 0.1) is 6.92 Å². The van der Waals surface area contributed by atoms with Crippen molar-refractivity contribution in [3.8, 4) is 0 Å². The Labute approximate surface area is 63.4 Å². The molecule has 0 saturated carbocycles. The van der Waals surface area contributed by atoms with Crippen LogP contribution >= 0.6 is 11.6 Å². The van der Waals surface area contributed by atoms with Gasteiger partial charge in [0.25, 0.3) is 0 Å². The van der Waals surface area contributed by atoms with Crippen molar-refractivity contribution in [1.82, 2.24) is 10.2 Å². The zero-order valence-corrected chi connectivity index (χ0v) is 6.18. The van der Waals surface area contributed by atoms with Gasteiger partial charge in [0.15, 0.2) is 5.82 Å². The molecular formula is C5H7ClN4. The lowest BCUT2D eigenvalue weighted by Gasteiger charge is -2.01. The van der Waals surface area contributed by atoms with E-state index in [1.165, 1.54) is 6.20 Å². The summed E-state index contributed by atoms with van der Waals surface area (Å²) in [7, 11) is 0. The van der Waals surface area contributed by atoms with Crippen molar-refractivity contribution < 1.29 is 0 Å². The molecule has 0 aliphatic carbocycles. The van der Waals surface area contributed by atoms with Gasteiger partial charge in [-0.1, -0.05) is 11.6 Å². The van der Waals surface area contributed by atoms with Gasteiger partial charge in [0.05, 0.1) is 11.2 Å². The fourth-order valence-corrected chi connectivity index (χ4v) is 0.692. The molecule has 1 heterocycles. The molecule has 54 valence electrons. The minimum absolute atomic E-state index is 0.507. The lowest BCUT2D eigenvalue weighted by Crippen LogP contribution is -2.10. The molecule has 0 saturated heterocycles. The van der Waals surface area contributed by atoms with Gasteiger partial charge in [-0.15, -0.1) is 5.10 Å². The number of hydrazine groups is 1. The molecular weight excluding hydrogens is 152 g/mol. The van der Waals surface area contributed by atoms with Gasteiger partial charge in [0, 0.05) is 5.56 Å². The Morgan fingerprint density at radius 2 is 2.40 bits per heavy atom. The molecule has 0 radical (unpaired) electrons. The van der Waals surface area contributed by atoms with Crippen LogP contribution < -0.4 is 11.3 Å². The van der Waals surface area contributed by atoms with Crippen LogP contribution in [0.2, 0.25) is 5.02 Å². The van der Waals surface area contributed by atoms with Crippen LogP contribution in [0.4, 0.5) is 5.82 Å². The van der Waals surface area contributed by atoms with Gasteiger partial charge in [-0.2, -0.15) is 5.10 Å². The molecule has 0 aliphatic heterocycles.